The van der Waals surface area contributed by atoms with Gasteiger partial charge in [-0.3, -0.25) is 9.78 Å². The predicted molar refractivity (Wildman–Crippen MR) is 140 cm³/mol. The molecule has 0 saturated heterocycles. The molecule has 0 aliphatic rings. The van der Waals surface area contributed by atoms with Crippen LogP contribution in [0.2, 0.25) is 0 Å². The van der Waals surface area contributed by atoms with Gasteiger partial charge in [0.1, 0.15) is 17.3 Å². The minimum absolute atomic E-state index is 0.102. The van der Waals surface area contributed by atoms with Crippen LogP contribution in [0.4, 0.5) is 8.78 Å². The van der Waals surface area contributed by atoms with Crippen LogP contribution in [0.15, 0.2) is 73.2 Å². The van der Waals surface area contributed by atoms with Crippen LogP contribution in [0.5, 0.6) is 5.88 Å². The number of fused-ring (bicyclic) bond motifs is 2. The van der Waals surface area contributed by atoms with Crippen LogP contribution in [0.1, 0.15) is 16.2 Å². The molecule has 0 aliphatic carbocycles. The molecule has 0 saturated carbocycles. The first kappa shape index (κ1) is 24.0. The number of H-pyrrole nitrogens is 1. The summed E-state index contributed by atoms with van der Waals surface area (Å²) in [5.41, 5.74) is 3.87. The summed E-state index contributed by atoms with van der Waals surface area (Å²) in [5.74, 6) is -0.630. The van der Waals surface area contributed by atoms with E-state index in [9.17, 15) is 13.6 Å². The van der Waals surface area contributed by atoms with E-state index >= 15 is 0 Å². The minimum atomic E-state index is -0.636. The first-order valence-electron chi connectivity index (χ1n) is 11.8. The van der Waals surface area contributed by atoms with Crippen LogP contribution in [0.3, 0.4) is 0 Å². The monoisotopic (exact) mass is 523 g/mol. The summed E-state index contributed by atoms with van der Waals surface area (Å²) < 4.78 is 33.8. The molecule has 1 amide bonds. The van der Waals surface area contributed by atoms with Crippen LogP contribution in [0.25, 0.3) is 44.6 Å². The number of methoxy groups -OCH3 is 1. The second-order valence-electron chi connectivity index (χ2n) is 8.60. The van der Waals surface area contributed by atoms with Crippen molar-refractivity contribution in [2.24, 2.45) is 0 Å². The Labute approximate surface area is 220 Å². The van der Waals surface area contributed by atoms with Gasteiger partial charge in [-0.15, -0.1) is 0 Å². The van der Waals surface area contributed by atoms with Gasteiger partial charge in [0.25, 0.3) is 5.91 Å². The van der Waals surface area contributed by atoms with E-state index in [1.165, 1.54) is 25.3 Å². The highest BCUT2D eigenvalue weighted by atomic mass is 19.1. The van der Waals surface area contributed by atoms with Crippen LogP contribution >= 0.6 is 0 Å². The molecule has 0 aliphatic heterocycles. The maximum atomic E-state index is 15.0. The largest absolute Gasteiger partial charge is 0.481 e. The smallest absolute Gasteiger partial charge is 0.251 e. The number of hydrogen-bond donors (Lipinski definition) is 2. The summed E-state index contributed by atoms with van der Waals surface area (Å²) in [6, 6.07) is 13.7. The molecule has 2 N–H and O–H groups in total. The maximum absolute atomic E-state index is 15.0. The average molecular weight is 524 g/mol. The van der Waals surface area contributed by atoms with E-state index in [0.29, 0.717) is 33.7 Å². The number of aromatic amines is 1. The summed E-state index contributed by atoms with van der Waals surface area (Å²) in [6.45, 7) is 0.175. The number of nitrogens with one attached hydrogen (secondary N) is 2. The van der Waals surface area contributed by atoms with Gasteiger partial charge in [0.2, 0.25) is 5.88 Å². The fourth-order valence-electron chi connectivity index (χ4n) is 4.16. The lowest BCUT2D eigenvalue weighted by atomic mass is 10.0. The van der Waals surface area contributed by atoms with E-state index in [4.69, 9.17) is 9.72 Å². The van der Waals surface area contributed by atoms with Gasteiger partial charge in [-0.05, 0) is 48.5 Å². The van der Waals surface area contributed by atoms with E-state index in [2.05, 4.69) is 30.2 Å². The highest BCUT2D eigenvalue weighted by molar-refractivity contribution is 5.98. The maximum Gasteiger partial charge on any atom is 0.251 e. The number of carbonyl (C=O) groups is 1. The zero-order valence-electron chi connectivity index (χ0n) is 20.4. The molecule has 192 valence electrons. The molecular weight excluding hydrogens is 504 g/mol. The average Bonchev–Trinajstić information content (AvgIpc) is 3.39. The lowest BCUT2D eigenvalue weighted by molar-refractivity contribution is 0.0950. The molecule has 0 radical (unpaired) electrons. The standard InChI is InChI=1S/C28H19F2N7O2/c1-39-25-11-18(19(30)12-32-25)27-26(15-2-5-17(29)6-3-15)36-20-7-4-16(10-22(20)37-27)28(38)33-14-24-34-21-8-9-31-13-23(21)35-24/h2-13H,14H2,1H3,(H,33,38)(H,34,35). The zero-order chi connectivity index (χ0) is 26.9. The molecule has 4 aromatic heterocycles. The lowest BCUT2D eigenvalue weighted by Gasteiger charge is -2.12. The Kier molecular flexibility index (Phi) is 6.08. The van der Waals surface area contributed by atoms with Gasteiger partial charge < -0.3 is 15.0 Å². The number of aromatic nitrogens is 6. The number of pyridine rings is 2. The predicted octanol–water partition coefficient (Wildman–Crippen LogP) is 4.85. The lowest BCUT2D eigenvalue weighted by Crippen LogP contribution is -2.23. The molecular formula is C28H19F2N7O2. The Morgan fingerprint density at radius 3 is 2.54 bits per heavy atom. The highest BCUT2D eigenvalue weighted by Gasteiger charge is 2.19. The Hall–Kier alpha value is -5.32. The van der Waals surface area contributed by atoms with Gasteiger partial charge in [0.15, 0.2) is 5.82 Å². The van der Waals surface area contributed by atoms with E-state index < -0.39 is 11.6 Å². The summed E-state index contributed by atoms with van der Waals surface area (Å²) in [7, 11) is 1.42. The van der Waals surface area contributed by atoms with Gasteiger partial charge in [-0.1, -0.05) is 0 Å². The third kappa shape index (κ3) is 4.73. The van der Waals surface area contributed by atoms with Crippen molar-refractivity contribution in [2.75, 3.05) is 7.11 Å². The fourth-order valence-corrected chi connectivity index (χ4v) is 4.16. The molecule has 0 bridgehead atoms. The van der Waals surface area contributed by atoms with Gasteiger partial charge in [-0.2, -0.15) is 0 Å². The van der Waals surface area contributed by atoms with E-state index in [-0.39, 0.29) is 29.6 Å². The van der Waals surface area contributed by atoms with Crippen LogP contribution in [0, 0.1) is 11.6 Å². The number of imidazole rings is 1. The van der Waals surface area contributed by atoms with Gasteiger partial charge >= 0.3 is 0 Å². The Balaban J connectivity index is 1.38. The molecule has 9 nitrogen and oxygen atoms in total. The first-order valence-corrected chi connectivity index (χ1v) is 11.8. The molecule has 0 spiro atoms. The normalized spacial score (nSPS) is 11.2. The van der Waals surface area contributed by atoms with Gasteiger partial charge in [-0.25, -0.2) is 28.7 Å². The van der Waals surface area contributed by atoms with Crippen molar-refractivity contribution in [3.63, 3.8) is 0 Å². The summed E-state index contributed by atoms with van der Waals surface area (Å²) >= 11 is 0. The second kappa shape index (κ2) is 9.86. The van der Waals surface area contributed by atoms with Crippen molar-refractivity contribution in [3.05, 3.63) is 96.2 Å². The van der Waals surface area contributed by atoms with Gasteiger partial charge in [0, 0.05) is 29.0 Å². The topological polar surface area (TPSA) is 119 Å². The van der Waals surface area contributed by atoms with Crippen molar-refractivity contribution < 1.29 is 18.3 Å². The van der Waals surface area contributed by atoms with Gasteiger partial charge in [0.05, 0.1) is 53.8 Å². The van der Waals surface area contributed by atoms with E-state index in [0.717, 1.165) is 17.2 Å². The van der Waals surface area contributed by atoms with Crippen molar-refractivity contribution in [2.45, 2.75) is 6.54 Å². The number of carbonyl (C=O) groups excluding carboxylic acids is 1. The second-order valence-corrected chi connectivity index (χ2v) is 8.60. The number of nitrogens with zero attached hydrogens (tertiary/aromatic N) is 5. The Bertz CT molecular complexity index is 1820. The molecule has 39 heavy (non-hydrogen) atoms. The number of halogens is 2. The molecule has 0 unspecified atom stereocenters. The number of benzene rings is 2. The molecule has 2 aromatic carbocycles. The van der Waals surface area contributed by atoms with Crippen molar-refractivity contribution >= 4 is 28.0 Å². The van der Waals surface area contributed by atoms with E-state index in [1.807, 2.05) is 0 Å². The number of ether oxygens (including phenoxy) is 1. The Morgan fingerprint density at radius 1 is 0.923 bits per heavy atom. The molecule has 4 heterocycles. The highest BCUT2D eigenvalue weighted by Crippen LogP contribution is 2.34. The summed E-state index contributed by atoms with van der Waals surface area (Å²) in [6.07, 6.45) is 4.34. The molecule has 0 fully saturated rings. The van der Waals surface area contributed by atoms with Crippen LogP contribution < -0.4 is 10.1 Å². The third-order valence-corrected chi connectivity index (χ3v) is 6.09. The minimum Gasteiger partial charge on any atom is -0.481 e. The Morgan fingerprint density at radius 2 is 1.74 bits per heavy atom. The molecule has 11 heteroatoms. The number of rotatable bonds is 6. The number of amides is 1. The third-order valence-electron chi connectivity index (χ3n) is 6.09. The van der Waals surface area contributed by atoms with Crippen molar-refractivity contribution in [1.29, 1.82) is 0 Å². The van der Waals surface area contributed by atoms with Crippen LogP contribution in [-0.4, -0.2) is 42.9 Å². The number of hydrogen-bond acceptors (Lipinski definition) is 7. The quantitative estimate of drug-likeness (QED) is 0.320. The van der Waals surface area contributed by atoms with Crippen molar-refractivity contribution in [1.82, 2.24) is 35.2 Å². The SMILES string of the molecule is COc1cc(-c2nc3cc(C(=O)NCc4nc5ccncc5[nH]4)ccc3nc2-c2ccc(F)cc2)c(F)cn1. The fraction of sp³-hybridized carbons (Fsp3) is 0.0714. The molecule has 6 rings (SSSR count). The zero-order valence-corrected chi connectivity index (χ0v) is 20.4. The summed E-state index contributed by atoms with van der Waals surface area (Å²) in [5, 5.41) is 2.83. The van der Waals surface area contributed by atoms with E-state index in [1.54, 1.807) is 48.8 Å². The molecule has 6 aromatic rings. The summed E-state index contributed by atoms with van der Waals surface area (Å²) in [4.78, 5) is 37.8. The van der Waals surface area contributed by atoms with Crippen molar-refractivity contribution in [3.8, 4) is 28.4 Å². The van der Waals surface area contributed by atoms with Crippen LogP contribution in [-0.2, 0) is 6.54 Å². The first-order chi connectivity index (χ1) is 19.0. The molecule has 0 atom stereocenters.